The number of H-pyrrole nitrogens is 1. The van der Waals surface area contributed by atoms with Crippen molar-refractivity contribution in [3.63, 3.8) is 0 Å². The molecule has 0 saturated carbocycles. The van der Waals surface area contributed by atoms with E-state index in [-0.39, 0.29) is 29.6 Å². The zero-order chi connectivity index (χ0) is 20.0. The first-order valence-electron chi connectivity index (χ1n) is 8.18. The summed E-state index contributed by atoms with van der Waals surface area (Å²) in [5, 5.41) is 4.96. The predicted molar refractivity (Wildman–Crippen MR) is 101 cm³/mol. The molecule has 0 fully saturated rings. The zero-order valence-corrected chi connectivity index (χ0v) is 15.8. The molecule has 1 aromatic carbocycles. The number of anilines is 2. The largest absolute Gasteiger partial charge is 0.370 e. The number of aromatic nitrogens is 2. The predicted octanol–water partition coefficient (Wildman–Crippen LogP) is 1.33. The van der Waals surface area contributed by atoms with E-state index in [2.05, 4.69) is 25.3 Å². The van der Waals surface area contributed by atoms with Gasteiger partial charge < -0.3 is 21.4 Å². The van der Waals surface area contributed by atoms with Gasteiger partial charge in [-0.2, -0.15) is 8.42 Å². The number of nitrogens with one attached hydrogen (secondary N) is 4. The highest BCUT2D eigenvalue weighted by Gasteiger charge is 2.18. The van der Waals surface area contributed by atoms with Gasteiger partial charge in [0.25, 0.3) is 10.0 Å². The average Bonchev–Trinajstić information content (AvgIpc) is 3.05. The lowest BCUT2D eigenvalue weighted by atomic mass is 10.2. The van der Waals surface area contributed by atoms with Crippen molar-refractivity contribution in [1.82, 2.24) is 15.3 Å². The van der Waals surface area contributed by atoms with Crippen LogP contribution >= 0.6 is 0 Å². The van der Waals surface area contributed by atoms with Gasteiger partial charge in [0.05, 0.1) is 11.9 Å². The molecule has 0 bridgehead atoms. The van der Waals surface area contributed by atoms with Gasteiger partial charge in [-0.05, 0) is 18.2 Å². The molecule has 3 amide bonds. The first-order valence-corrected chi connectivity index (χ1v) is 9.66. The number of nitrogens with two attached hydrogens (primary N) is 1. The number of urea groups is 1. The van der Waals surface area contributed by atoms with Crippen LogP contribution in [0.3, 0.4) is 0 Å². The van der Waals surface area contributed by atoms with Crippen LogP contribution in [-0.4, -0.2) is 36.9 Å². The van der Waals surface area contributed by atoms with Crippen LogP contribution in [-0.2, 0) is 14.8 Å². The summed E-state index contributed by atoms with van der Waals surface area (Å²) in [4.78, 5) is 29.2. The van der Waals surface area contributed by atoms with Gasteiger partial charge in [-0.3, -0.25) is 9.52 Å². The summed E-state index contributed by atoms with van der Waals surface area (Å²) in [6, 6.07) is 5.66. The topological polar surface area (TPSA) is 159 Å². The SMILES string of the molecule is CC(C)c1ncc(S(=O)(=O)Nc2cccc(NC(=O)NCCC(N)=O)c2)[nH]1. The van der Waals surface area contributed by atoms with E-state index in [9.17, 15) is 18.0 Å². The summed E-state index contributed by atoms with van der Waals surface area (Å²) in [6.45, 7) is 3.89. The number of carbonyl (C=O) groups excluding carboxylic acids is 2. The minimum atomic E-state index is -3.84. The Labute approximate surface area is 157 Å². The van der Waals surface area contributed by atoms with Crippen molar-refractivity contribution in [3.05, 3.63) is 36.3 Å². The number of aromatic amines is 1. The van der Waals surface area contributed by atoms with Gasteiger partial charge in [0, 0.05) is 24.6 Å². The summed E-state index contributed by atoms with van der Waals surface area (Å²) >= 11 is 0. The van der Waals surface area contributed by atoms with Crippen molar-refractivity contribution in [2.24, 2.45) is 5.73 Å². The van der Waals surface area contributed by atoms with Gasteiger partial charge in [0.2, 0.25) is 5.91 Å². The molecule has 0 saturated heterocycles. The van der Waals surface area contributed by atoms with Crippen molar-refractivity contribution in [2.45, 2.75) is 31.2 Å². The molecule has 0 unspecified atom stereocenters. The molecule has 0 spiro atoms. The molecule has 146 valence electrons. The highest BCUT2D eigenvalue weighted by Crippen LogP contribution is 2.20. The lowest BCUT2D eigenvalue weighted by Gasteiger charge is -2.10. The molecule has 0 aliphatic carbocycles. The number of sulfonamides is 1. The number of benzene rings is 1. The highest BCUT2D eigenvalue weighted by atomic mass is 32.2. The van der Waals surface area contributed by atoms with E-state index in [1.54, 1.807) is 18.2 Å². The molecule has 10 nitrogen and oxygen atoms in total. The van der Waals surface area contributed by atoms with Gasteiger partial charge in [0.15, 0.2) is 5.03 Å². The van der Waals surface area contributed by atoms with Gasteiger partial charge in [-0.1, -0.05) is 19.9 Å². The van der Waals surface area contributed by atoms with Gasteiger partial charge in [-0.25, -0.2) is 9.78 Å². The minimum Gasteiger partial charge on any atom is -0.370 e. The molecular formula is C16H22N6O4S. The van der Waals surface area contributed by atoms with Crippen LogP contribution in [0.2, 0.25) is 0 Å². The Morgan fingerprint density at radius 2 is 1.96 bits per heavy atom. The second kappa shape index (κ2) is 8.54. The van der Waals surface area contributed by atoms with Crippen LogP contribution in [0, 0.1) is 0 Å². The summed E-state index contributed by atoms with van der Waals surface area (Å²) < 4.78 is 27.3. The second-order valence-electron chi connectivity index (χ2n) is 6.07. The third kappa shape index (κ3) is 5.99. The Bertz CT molecular complexity index is 922. The molecule has 2 rings (SSSR count). The maximum absolute atomic E-state index is 12.5. The summed E-state index contributed by atoms with van der Waals surface area (Å²) in [5.74, 6) is 0.110. The number of hydrogen-bond donors (Lipinski definition) is 5. The van der Waals surface area contributed by atoms with Crippen LogP contribution in [0.15, 0.2) is 35.5 Å². The van der Waals surface area contributed by atoms with Crippen molar-refractivity contribution >= 4 is 33.3 Å². The number of nitrogens with zero attached hydrogens (tertiary/aromatic N) is 1. The molecule has 0 radical (unpaired) electrons. The average molecular weight is 394 g/mol. The van der Waals surface area contributed by atoms with Gasteiger partial charge in [-0.15, -0.1) is 0 Å². The smallest absolute Gasteiger partial charge is 0.319 e. The Kier molecular flexibility index (Phi) is 6.40. The van der Waals surface area contributed by atoms with Crippen LogP contribution in [0.4, 0.5) is 16.2 Å². The summed E-state index contributed by atoms with van der Waals surface area (Å²) in [7, 11) is -3.84. The summed E-state index contributed by atoms with van der Waals surface area (Å²) in [6.07, 6.45) is 1.28. The monoisotopic (exact) mass is 394 g/mol. The molecule has 0 atom stereocenters. The number of hydrogen-bond acceptors (Lipinski definition) is 5. The Hall–Kier alpha value is -3.08. The van der Waals surface area contributed by atoms with Crippen molar-refractivity contribution in [3.8, 4) is 0 Å². The molecule has 1 heterocycles. The number of amides is 3. The molecular weight excluding hydrogens is 372 g/mol. The molecule has 0 aliphatic rings. The van der Waals surface area contributed by atoms with Gasteiger partial charge in [0.1, 0.15) is 5.82 Å². The molecule has 6 N–H and O–H groups in total. The van der Waals surface area contributed by atoms with Crippen molar-refractivity contribution in [1.29, 1.82) is 0 Å². The third-order valence-corrected chi connectivity index (χ3v) is 4.73. The van der Waals surface area contributed by atoms with E-state index in [1.807, 2.05) is 13.8 Å². The molecule has 11 heteroatoms. The first-order chi connectivity index (χ1) is 12.7. The molecule has 2 aromatic rings. The van der Waals surface area contributed by atoms with Crippen LogP contribution < -0.4 is 21.1 Å². The van der Waals surface area contributed by atoms with E-state index in [0.717, 1.165) is 0 Å². The van der Waals surface area contributed by atoms with E-state index >= 15 is 0 Å². The van der Waals surface area contributed by atoms with Crippen LogP contribution in [0.1, 0.15) is 32.0 Å². The van der Waals surface area contributed by atoms with E-state index < -0.39 is 22.0 Å². The number of rotatable bonds is 8. The Morgan fingerprint density at radius 3 is 2.59 bits per heavy atom. The number of carbonyl (C=O) groups is 2. The summed E-state index contributed by atoms with van der Waals surface area (Å²) in [5.41, 5.74) is 5.64. The first kappa shape index (κ1) is 20.2. The van der Waals surface area contributed by atoms with E-state index in [4.69, 9.17) is 5.73 Å². The van der Waals surface area contributed by atoms with Gasteiger partial charge >= 0.3 is 6.03 Å². The zero-order valence-electron chi connectivity index (χ0n) is 14.9. The minimum absolute atomic E-state index is 0.0236. The number of imidazole rings is 1. The third-order valence-electron chi connectivity index (χ3n) is 3.44. The van der Waals surface area contributed by atoms with E-state index in [0.29, 0.717) is 11.5 Å². The standard InChI is InChI=1S/C16H22N6O4S/c1-10(2)15-19-9-14(21-15)27(25,26)22-12-5-3-4-11(8-12)20-16(24)18-7-6-13(17)23/h3-5,8-10,22H,6-7H2,1-2H3,(H2,17,23)(H,19,21)(H2,18,20,24). The fourth-order valence-corrected chi connectivity index (χ4v) is 3.07. The lowest BCUT2D eigenvalue weighted by Crippen LogP contribution is -2.31. The van der Waals surface area contributed by atoms with Crippen molar-refractivity contribution < 1.29 is 18.0 Å². The maximum Gasteiger partial charge on any atom is 0.319 e. The Balaban J connectivity index is 2.03. The van der Waals surface area contributed by atoms with Crippen molar-refractivity contribution in [2.75, 3.05) is 16.6 Å². The Morgan fingerprint density at radius 1 is 1.26 bits per heavy atom. The van der Waals surface area contributed by atoms with Crippen LogP contribution in [0.5, 0.6) is 0 Å². The molecule has 1 aromatic heterocycles. The normalized spacial score (nSPS) is 11.2. The quantitative estimate of drug-likeness (QED) is 0.456. The second-order valence-corrected chi connectivity index (χ2v) is 7.72. The fourth-order valence-electron chi connectivity index (χ4n) is 2.09. The number of primary amides is 1. The van der Waals surface area contributed by atoms with E-state index in [1.165, 1.54) is 12.3 Å². The molecule has 0 aliphatic heterocycles. The lowest BCUT2D eigenvalue weighted by molar-refractivity contribution is -0.117. The maximum atomic E-state index is 12.5. The fraction of sp³-hybridized carbons (Fsp3) is 0.312. The molecule has 27 heavy (non-hydrogen) atoms. The highest BCUT2D eigenvalue weighted by molar-refractivity contribution is 7.92. The van der Waals surface area contributed by atoms with Crippen LogP contribution in [0.25, 0.3) is 0 Å².